The first kappa shape index (κ1) is 16.7. The van der Waals surface area contributed by atoms with Crippen molar-refractivity contribution >= 4 is 0 Å². The normalized spacial score (nSPS) is 14.8. The van der Waals surface area contributed by atoms with Gasteiger partial charge in [0.25, 0.3) is 0 Å². The fraction of sp³-hybridized carbons (Fsp3) is 0.500. The summed E-state index contributed by atoms with van der Waals surface area (Å²) in [5, 5.41) is 20.4. The van der Waals surface area contributed by atoms with Gasteiger partial charge >= 0.3 is 0 Å². The molecule has 4 heteroatoms. The lowest BCUT2D eigenvalue weighted by atomic mass is 9.75. The van der Waals surface area contributed by atoms with Crippen LogP contribution in [0.3, 0.4) is 0 Å². The van der Waals surface area contributed by atoms with Gasteiger partial charge in [0.15, 0.2) is 0 Å². The van der Waals surface area contributed by atoms with E-state index < -0.39 is 0 Å². The Labute approximate surface area is 133 Å². The lowest BCUT2D eigenvalue weighted by Crippen LogP contribution is -2.35. The van der Waals surface area contributed by atoms with Crippen LogP contribution in [0.5, 0.6) is 0 Å². The number of aromatic amines is 1. The minimum atomic E-state index is -0.181. The van der Waals surface area contributed by atoms with E-state index in [-0.39, 0.29) is 24.0 Å². The molecule has 0 aliphatic heterocycles. The molecule has 2 unspecified atom stereocenters. The van der Waals surface area contributed by atoms with E-state index in [1.807, 2.05) is 19.2 Å². The smallest absolute Gasteiger partial charge is 0.0537 e. The second-order valence-corrected chi connectivity index (χ2v) is 6.69. The minimum Gasteiger partial charge on any atom is -0.396 e. The number of H-pyrrole nitrogens is 1. The van der Waals surface area contributed by atoms with Gasteiger partial charge in [-0.1, -0.05) is 44.2 Å². The number of benzene rings is 1. The first-order valence-corrected chi connectivity index (χ1v) is 7.84. The zero-order valence-corrected chi connectivity index (χ0v) is 13.9. The number of nitrogens with one attached hydrogen (secondary N) is 2. The third kappa shape index (κ3) is 3.76. The minimum absolute atomic E-state index is 0.160. The zero-order chi connectivity index (χ0) is 16.2. The molecule has 1 aromatic carbocycles. The van der Waals surface area contributed by atoms with Crippen molar-refractivity contribution in [3.05, 3.63) is 53.3 Å². The van der Waals surface area contributed by atoms with E-state index in [1.165, 1.54) is 11.1 Å². The summed E-state index contributed by atoms with van der Waals surface area (Å²) in [6.07, 6.45) is 1.88. The highest BCUT2D eigenvalue weighted by molar-refractivity contribution is 5.23. The number of aliphatic hydroxyl groups excluding tert-OH is 1. The molecule has 0 saturated carbocycles. The van der Waals surface area contributed by atoms with E-state index in [2.05, 4.69) is 60.6 Å². The van der Waals surface area contributed by atoms with Crippen molar-refractivity contribution in [3.8, 4) is 0 Å². The standard InChI is InChI=1S/C18H27N3O/c1-13(16-10-20-21-14(16)2)19-11-17(18(3,4)12-22)15-8-6-5-7-9-15/h5-10,13,17,19,22H,11-12H2,1-4H3,(H,20,21). The van der Waals surface area contributed by atoms with Crippen LogP contribution < -0.4 is 5.32 Å². The van der Waals surface area contributed by atoms with Crippen molar-refractivity contribution in [2.75, 3.05) is 13.2 Å². The maximum Gasteiger partial charge on any atom is 0.0537 e. The highest BCUT2D eigenvalue weighted by Gasteiger charge is 2.30. The van der Waals surface area contributed by atoms with Crippen LogP contribution in [-0.2, 0) is 0 Å². The van der Waals surface area contributed by atoms with Gasteiger partial charge < -0.3 is 10.4 Å². The van der Waals surface area contributed by atoms with Crippen LogP contribution in [0.4, 0.5) is 0 Å². The monoisotopic (exact) mass is 301 g/mol. The Balaban J connectivity index is 2.12. The van der Waals surface area contributed by atoms with Crippen molar-refractivity contribution in [2.24, 2.45) is 5.41 Å². The molecule has 0 fully saturated rings. The lowest BCUT2D eigenvalue weighted by Gasteiger charge is -2.34. The van der Waals surface area contributed by atoms with Crippen LogP contribution in [0.2, 0.25) is 0 Å². The molecule has 1 heterocycles. The number of rotatable bonds is 7. The van der Waals surface area contributed by atoms with Gasteiger partial charge in [-0.2, -0.15) is 5.10 Å². The fourth-order valence-corrected chi connectivity index (χ4v) is 2.84. The van der Waals surface area contributed by atoms with E-state index in [9.17, 15) is 5.11 Å². The molecule has 0 aliphatic rings. The van der Waals surface area contributed by atoms with Crippen LogP contribution >= 0.6 is 0 Å². The van der Waals surface area contributed by atoms with Crippen LogP contribution in [0.1, 0.15) is 49.6 Å². The number of hydrogen-bond donors (Lipinski definition) is 3. The van der Waals surface area contributed by atoms with Crippen molar-refractivity contribution in [3.63, 3.8) is 0 Å². The molecule has 0 saturated heterocycles. The summed E-state index contributed by atoms with van der Waals surface area (Å²) in [5.41, 5.74) is 3.36. The van der Waals surface area contributed by atoms with Crippen LogP contribution in [0.25, 0.3) is 0 Å². The van der Waals surface area contributed by atoms with Gasteiger partial charge in [-0.15, -0.1) is 0 Å². The predicted octanol–water partition coefficient (Wildman–Crippen LogP) is 3.17. The van der Waals surface area contributed by atoms with Crippen LogP contribution in [-0.4, -0.2) is 28.5 Å². The second-order valence-electron chi connectivity index (χ2n) is 6.69. The quantitative estimate of drug-likeness (QED) is 0.736. The summed E-state index contributed by atoms with van der Waals surface area (Å²) in [4.78, 5) is 0. The SMILES string of the molecule is Cc1[nH]ncc1C(C)NCC(c1ccccc1)C(C)(C)CO. The van der Waals surface area contributed by atoms with Crippen LogP contribution in [0, 0.1) is 12.3 Å². The van der Waals surface area contributed by atoms with Gasteiger partial charge in [0.2, 0.25) is 0 Å². The van der Waals surface area contributed by atoms with E-state index in [4.69, 9.17) is 0 Å². The Hall–Kier alpha value is -1.65. The molecule has 0 aliphatic carbocycles. The molecule has 0 radical (unpaired) electrons. The van der Waals surface area contributed by atoms with Gasteiger partial charge in [0.1, 0.15) is 0 Å². The molecule has 4 nitrogen and oxygen atoms in total. The van der Waals surface area contributed by atoms with Gasteiger partial charge in [0.05, 0.1) is 6.20 Å². The molecule has 3 N–H and O–H groups in total. The van der Waals surface area contributed by atoms with E-state index in [1.54, 1.807) is 0 Å². The second kappa shape index (κ2) is 7.07. The summed E-state index contributed by atoms with van der Waals surface area (Å²) in [6.45, 7) is 9.37. The number of aryl methyl sites for hydroxylation is 1. The molecular formula is C18H27N3O. The molecule has 2 rings (SSSR count). The Morgan fingerprint density at radius 2 is 1.95 bits per heavy atom. The molecule has 0 spiro atoms. The maximum atomic E-state index is 9.78. The summed E-state index contributed by atoms with van der Waals surface area (Å²) in [6, 6.07) is 10.6. The van der Waals surface area contributed by atoms with Crippen molar-refractivity contribution in [1.29, 1.82) is 0 Å². The van der Waals surface area contributed by atoms with Gasteiger partial charge in [0, 0.05) is 36.4 Å². The molecule has 2 aromatic rings. The average molecular weight is 301 g/mol. The fourth-order valence-electron chi connectivity index (χ4n) is 2.84. The molecule has 120 valence electrons. The molecule has 0 amide bonds. The van der Waals surface area contributed by atoms with E-state index in [0.29, 0.717) is 0 Å². The number of hydrogen-bond acceptors (Lipinski definition) is 3. The Morgan fingerprint density at radius 1 is 1.27 bits per heavy atom. The van der Waals surface area contributed by atoms with Crippen LogP contribution in [0.15, 0.2) is 36.5 Å². The number of aliphatic hydroxyl groups is 1. The molecule has 22 heavy (non-hydrogen) atoms. The first-order valence-electron chi connectivity index (χ1n) is 7.84. The summed E-state index contributed by atoms with van der Waals surface area (Å²) >= 11 is 0. The van der Waals surface area contributed by atoms with E-state index >= 15 is 0 Å². The largest absolute Gasteiger partial charge is 0.396 e. The molecule has 2 atom stereocenters. The summed E-state index contributed by atoms with van der Waals surface area (Å²) in [7, 11) is 0. The van der Waals surface area contributed by atoms with Crippen molar-refractivity contribution in [2.45, 2.75) is 39.7 Å². The zero-order valence-electron chi connectivity index (χ0n) is 13.9. The molecule has 1 aromatic heterocycles. The molecule has 0 bridgehead atoms. The average Bonchev–Trinajstić information content (AvgIpc) is 2.94. The molecular weight excluding hydrogens is 274 g/mol. The highest BCUT2D eigenvalue weighted by Crippen LogP contribution is 2.35. The van der Waals surface area contributed by atoms with Crippen molar-refractivity contribution in [1.82, 2.24) is 15.5 Å². The summed E-state index contributed by atoms with van der Waals surface area (Å²) in [5.74, 6) is 0.244. The lowest BCUT2D eigenvalue weighted by molar-refractivity contribution is 0.128. The summed E-state index contributed by atoms with van der Waals surface area (Å²) < 4.78 is 0. The third-order valence-corrected chi connectivity index (χ3v) is 4.52. The Kier molecular flexibility index (Phi) is 5.37. The third-order valence-electron chi connectivity index (χ3n) is 4.52. The van der Waals surface area contributed by atoms with Crippen molar-refractivity contribution < 1.29 is 5.11 Å². The Bertz CT molecular complexity index is 577. The predicted molar refractivity (Wildman–Crippen MR) is 89.8 cm³/mol. The van der Waals surface area contributed by atoms with Gasteiger partial charge in [-0.3, -0.25) is 5.10 Å². The van der Waals surface area contributed by atoms with E-state index in [0.717, 1.165) is 12.2 Å². The number of nitrogens with zero attached hydrogens (tertiary/aromatic N) is 1. The number of aromatic nitrogens is 2. The topological polar surface area (TPSA) is 60.9 Å². The first-order chi connectivity index (χ1) is 10.5. The highest BCUT2D eigenvalue weighted by atomic mass is 16.3. The van der Waals surface area contributed by atoms with Gasteiger partial charge in [-0.05, 0) is 24.8 Å². The van der Waals surface area contributed by atoms with Gasteiger partial charge in [-0.25, -0.2) is 0 Å². The Morgan fingerprint density at radius 3 is 2.50 bits per heavy atom. The maximum absolute atomic E-state index is 9.78.